The summed E-state index contributed by atoms with van der Waals surface area (Å²) >= 11 is 0. The van der Waals surface area contributed by atoms with Gasteiger partial charge in [0.15, 0.2) is 0 Å². The molecule has 0 aliphatic heterocycles. The second kappa shape index (κ2) is 6.26. The van der Waals surface area contributed by atoms with Gasteiger partial charge in [-0.05, 0) is 37.8 Å². The third-order valence-corrected chi connectivity index (χ3v) is 3.00. The molecule has 1 heterocycles. The van der Waals surface area contributed by atoms with Gasteiger partial charge in [0.1, 0.15) is 5.82 Å². The molecule has 1 atom stereocenters. The number of aromatic nitrogens is 2. The van der Waals surface area contributed by atoms with E-state index in [0.29, 0.717) is 0 Å². The molecule has 2 aromatic rings. The van der Waals surface area contributed by atoms with Crippen LogP contribution >= 0.6 is 0 Å². The van der Waals surface area contributed by atoms with E-state index in [1.54, 1.807) is 6.20 Å². The SMILES string of the molecule is Cc1nccc(C(N)CCCc2ccccc2)n1. The lowest BCUT2D eigenvalue weighted by molar-refractivity contribution is 0.594. The fourth-order valence-electron chi connectivity index (χ4n) is 2.00. The molecule has 0 amide bonds. The number of aryl methyl sites for hydroxylation is 2. The van der Waals surface area contributed by atoms with Crippen LogP contribution in [-0.2, 0) is 6.42 Å². The van der Waals surface area contributed by atoms with Crippen LogP contribution in [0.3, 0.4) is 0 Å². The van der Waals surface area contributed by atoms with Crippen molar-refractivity contribution in [2.24, 2.45) is 5.73 Å². The Balaban J connectivity index is 1.83. The molecule has 1 aromatic carbocycles. The monoisotopic (exact) mass is 241 g/mol. The first-order chi connectivity index (χ1) is 8.75. The first-order valence-electron chi connectivity index (χ1n) is 6.35. The summed E-state index contributed by atoms with van der Waals surface area (Å²) < 4.78 is 0. The zero-order valence-electron chi connectivity index (χ0n) is 10.7. The van der Waals surface area contributed by atoms with E-state index in [9.17, 15) is 0 Å². The van der Waals surface area contributed by atoms with Gasteiger partial charge in [-0.15, -0.1) is 0 Å². The Kier molecular flexibility index (Phi) is 4.42. The molecule has 0 saturated carbocycles. The van der Waals surface area contributed by atoms with Crippen LogP contribution in [0.25, 0.3) is 0 Å². The molecule has 0 aliphatic rings. The van der Waals surface area contributed by atoms with Crippen molar-refractivity contribution in [2.45, 2.75) is 32.2 Å². The van der Waals surface area contributed by atoms with E-state index < -0.39 is 0 Å². The fraction of sp³-hybridized carbons (Fsp3) is 0.333. The number of hydrogen-bond donors (Lipinski definition) is 1. The maximum atomic E-state index is 6.14. The maximum Gasteiger partial charge on any atom is 0.125 e. The third-order valence-electron chi connectivity index (χ3n) is 3.00. The van der Waals surface area contributed by atoms with Crippen molar-refractivity contribution >= 4 is 0 Å². The van der Waals surface area contributed by atoms with Gasteiger partial charge in [0.2, 0.25) is 0 Å². The van der Waals surface area contributed by atoms with E-state index in [0.717, 1.165) is 30.8 Å². The van der Waals surface area contributed by atoms with Crippen molar-refractivity contribution in [3.8, 4) is 0 Å². The molecule has 0 aliphatic carbocycles. The van der Waals surface area contributed by atoms with Gasteiger partial charge in [0.25, 0.3) is 0 Å². The maximum absolute atomic E-state index is 6.14. The average Bonchev–Trinajstić information content (AvgIpc) is 2.40. The van der Waals surface area contributed by atoms with Crippen LogP contribution in [0.4, 0.5) is 0 Å². The van der Waals surface area contributed by atoms with Crippen LogP contribution in [0.1, 0.15) is 36.0 Å². The lowest BCUT2D eigenvalue weighted by atomic mass is 10.0. The molecule has 2 rings (SSSR count). The molecule has 0 bridgehead atoms. The van der Waals surface area contributed by atoms with Crippen LogP contribution in [0.2, 0.25) is 0 Å². The van der Waals surface area contributed by atoms with Crippen molar-refractivity contribution in [3.05, 3.63) is 59.7 Å². The normalized spacial score (nSPS) is 12.3. The highest BCUT2D eigenvalue weighted by Crippen LogP contribution is 2.15. The van der Waals surface area contributed by atoms with Crippen molar-refractivity contribution in [1.82, 2.24) is 9.97 Å². The van der Waals surface area contributed by atoms with Gasteiger partial charge in [-0.1, -0.05) is 30.3 Å². The minimum Gasteiger partial charge on any atom is -0.323 e. The van der Waals surface area contributed by atoms with E-state index in [4.69, 9.17) is 5.73 Å². The minimum atomic E-state index is 0.00964. The summed E-state index contributed by atoms with van der Waals surface area (Å²) in [6, 6.07) is 12.4. The summed E-state index contributed by atoms with van der Waals surface area (Å²) in [6.07, 6.45) is 4.87. The lowest BCUT2D eigenvalue weighted by Crippen LogP contribution is -2.13. The molecule has 1 unspecified atom stereocenters. The van der Waals surface area contributed by atoms with Crippen LogP contribution < -0.4 is 5.73 Å². The van der Waals surface area contributed by atoms with Crippen molar-refractivity contribution in [3.63, 3.8) is 0 Å². The molecule has 94 valence electrons. The molecule has 0 saturated heterocycles. The van der Waals surface area contributed by atoms with E-state index in [1.807, 2.05) is 19.1 Å². The Labute approximate surface area is 108 Å². The summed E-state index contributed by atoms with van der Waals surface area (Å²) in [4.78, 5) is 8.45. The Hall–Kier alpha value is -1.74. The number of hydrogen-bond acceptors (Lipinski definition) is 3. The summed E-state index contributed by atoms with van der Waals surface area (Å²) in [6.45, 7) is 1.89. The molecule has 2 N–H and O–H groups in total. The number of benzene rings is 1. The van der Waals surface area contributed by atoms with Gasteiger partial charge in [0, 0.05) is 12.2 Å². The van der Waals surface area contributed by atoms with Gasteiger partial charge in [-0.25, -0.2) is 9.97 Å². The van der Waals surface area contributed by atoms with Crippen molar-refractivity contribution in [2.75, 3.05) is 0 Å². The number of rotatable bonds is 5. The quantitative estimate of drug-likeness (QED) is 0.875. The second-order valence-electron chi connectivity index (χ2n) is 4.51. The topological polar surface area (TPSA) is 51.8 Å². The zero-order chi connectivity index (χ0) is 12.8. The van der Waals surface area contributed by atoms with Crippen LogP contribution in [0.15, 0.2) is 42.6 Å². The molecular formula is C15H19N3. The predicted octanol–water partition coefficient (Wildman–Crippen LogP) is 2.81. The third kappa shape index (κ3) is 3.64. The molecule has 1 aromatic heterocycles. The molecule has 3 nitrogen and oxygen atoms in total. The highest BCUT2D eigenvalue weighted by Gasteiger charge is 2.07. The lowest BCUT2D eigenvalue weighted by Gasteiger charge is -2.11. The highest BCUT2D eigenvalue weighted by atomic mass is 14.9. The molecule has 18 heavy (non-hydrogen) atoms. The standard InChI is InChI=1S/C15H19N3/c1-12-17-11-10-15(18-12)14(16)9-5-8-13-6-3-2-4-7-13/h2-4,6-7,10-11,14H,5,8-9,16H2,1H3. The van der Waals surface area contributed by atoms with Gasteiger partial charge < -0.3 is 5.73 Å². The van der Waals surface area contributed by atoms with E-state index >= 15 is 0 Å². The predicted molar refractivity (Wildman–Crippen MR) is 73.1 cm³/mol. The van der Waals surface area contributed by atoms with Crippen LogP contribution in [0.5, 0.6) is 0 Å². The molecule has 0 spiro atoms. The molecule has 0 radical (unpaired) electrons. The Morgan fingerprint density at radius 3 is 2.67 bits per heavy atom. The van der Waals surface area contributed by atoms with Crippen LogP contribution in [-0.4, -0.2) is 9.97 Å². The molecule has 3 heteroatoms. The van der Waals surface area contributed by atoms with E-state index in [2.05, 4.69) is 34.2 Å². The summed E-state index contributed by atoms with van der Waals surface area (Å²) in [5.41, 5.74) is 8.44. The smallest absolute Gasteiger partial charge is 0.125 e. The van der Waals surface area contributed by atoms with Gasteiger partial charge in [0.05, 0.1) is 5.69 Å². The summed E-state index contributed by atoms with van der Waals surface area (Å²) in [7, 11) is 0. The number of nitrogens with two attached hydrogens (primary N) is 1. The van der Waals surface area contributed by atoms with Gasteiger partial charge in [-0.3, -0.25) is 0 Å². The fourth-order valence-corrected chi connectivity index (χ4v) is 2.00. The van der Waals surface area contributed by atoms with Gasteiger partial charge in [-0.2, -0.15) is 0 Å². The van der Waals surface area contributed by atoms with Crippen molar-refractivity contribution in [1.29, 1.82) is 0 Å². The Morgan fingerprint density at radius 1 is 1.17 bits per heavy atom. The Morgan fingerprint density at radius 2 is 1.94 bits per heavy atom. The summed E-state index contributed by atoms with van der Waals surface area (Å²) in [5.74, 6) is 0.783. The van der Waals surface area contributed by atoms with Gasteiger partial charge >= 0.3 is 0 Å². The number of nitrogens with zero attached hydrogens (tertiary/aromatic N) is 2. The largest absolute Gasteiger partial charge is 0.323 e. The van der Waals surface area contributed by atoms with Crippen molar-refractivity contribution < 1.29 is 0 Å². The van der Waals surface area contributed by atoms with Crippen LogP contribution in [0, 0.1) is 6.92 Å². The first-order valence-corrected chi connectivity index (χ1v) is 6.35. The van der Waals surface area contributed by atoms with E-state index in [-0.39, 0.29) is 6.04 Å². The first kappa shape index (κ1) is 12.7. The Bertz CT molecular complexity index is 482. The zero-order valence-corrected chi connectivity index (χ0v) is 10.7. The highest BCUT2D eigenvalue weighted by molar-refractivity contribution is 5.14. The summed E-state index contributed by atoms with van der Waals surface area (Å²) in [5, 5.41) is 0. The molecule has 0 fully saturated rings. The van der Waals surface area contributed by atoms with E-state index in [1.165, 1.54) is 5.56 Å². The second-order valence-corrected chi connectivity index (χ2v) is 4.51. The molecular weight excluding hydrogens is 222 g/mol. The minimum absolute atomic E-state index is 0.00964. The average molecular weight is 241 g/mol.